The number of nitrogens with zero attached hydrogens (tertiary/aromatic N) is 2. The zero-order chi connectivity index (χ0) is 22.1. The minimum absolute atomic E-state index is 0.00489. The van der Waals surface area contributed by atoms with Gasteiger partial charge >= 0.3 is 0 Å². The molecule has 7 nitrogen and oxygen atoms in total. The van der Waals surface area contributed by atoms with E-state index in [2.05, 4.69) is 19.2 Å². The molecule has 2 rings (SSSR count). The second-order valence-corrected chi connectivity index (χ2v) is 10.2. The first-order valence-corrected chi connectivity index (χ1v) is 12.4. The van der Waals surface area contributed by atoms with Crippen molar-refractivity contribution in [1.82, 2.24) is 14.5 Å². The Morgan fingerprint density at radius 2 is 1.73 bits per heavy atom. The smallest absolute Gasteiger partial charge is 0.243 e. The van der Waals surface area contributed by atoms with Crippen LogP contribution in [0.2, 0.25) is 0 Å². The fourth-order valence-electron chi connectivity index (χ4n) is 3.38. The summed E-state index contributed by atoms with van der Waals surface area (Å²) in [6, 6.07) is 7.06. The van der Waals surface area contributed by atoms with E-state index in [4.69, 9.17) is 4.74 Å². The molecule has 1 fully saturated rings. The predicted octanol–water partition coefficient (Wildman–Crippen LogP) is 2.44. The molecule has 170 valence electrons. The fourth-order valence-corrected chi connectivity index (χ4v) is 4.86. The molecule has 1 aliphatic heterocycles. The van der Waals surface area contributed by atoms with Crippen molar-refractivity contribution in [3.63, 3.8) is 0 Å². The largest absolute Gasteiger partial charge is 0.379 e. The van der Waals surface area contributed by atoms with Crippen LogP contribution >= 0.6 is 0 Å². The van der Waals surface area contributed by atoms with Crippen LogP contribution in [0.4, 0.5) is 0 Å². The van der Waals surface area contributed by atoms with Crippen LogP contribution in [-0.2, 0) is 19.6 Å². The third-order valence-electron chi connectivity index (χ3n) is 5.23. The Kier molecular flexibility index (Phi) is 9.74. The molecule has 1 amide bonds. The first-order valence-electron chi connectivity index (χ1n) is 10.9. The molecular weight excluding hydrogens is 402 g/mol. The van der Waals surface area contributed by atoms with Gasteiger partial charge in [0.05, 0.1) is 11.0 Å². The van der Waals surface area contributed by atoms with E-state index in [0.717, 1.165) is 18.7 Å². The SMILES string of the molecule is CC(C)OCCCN(CCC(=O)N1CCNCC1)S(=O)(=O)c1ccc(C(C)C)cc1. The van der Waals surface area contributed by atoms with Crippen molar-refractivity contribution in [3.8, 4) is 0 Å². The van der Waals surface area contributed by atoms with Crippen LogP contribution < -0.4 is 5.32 Å². The van der Waals surface area contributed by atoms with Gasteiger partial charge in [0.15, 0.2) is 0 Å². The van der Waals surface area contributed by atoms with Gasteiger partial charge in [-0.1, -0.05) is 26.0 Å². The number of carbonyl (C=O) groups excluding carboxylic acids is 1. The van der Waals surface area contributed by atoms with Crippen molar-refractivity contribution < 1.29 is 17.9 Å². The van der Waals surface area contributed by atoms with Crippen LogP contribution in [0.3, 0.4) is 0 Å². The second-order valence-electron chi connectivity index (χ2n) is 8.28. The number of benzene rings is 1. The van der Waals surface area contributed by atoms with Gasteiger partial charge in [0.1, 0.15) is 0 Å². The predicted molar refractivity (Wildman–Crippen MR) is 119 cm³/mol. The summed E-state index contributed by atoms with van der Waals surface area (Å²) in [4.78, 5) is 14.6. The highest BCUT2D eigenvalue weighted by molar-refractivity contribution is 7.89. The van der Waals surface area contributed by atoms with E-state index in [9.17, 15) is 13.2 Å². The van der Waals surface area contributed by atoms with E-state index in [0.29, 0.717) is 38.6 Å². The highest BCUT2D eigenvalue weighted by atomic mass is 32.2. The zero-order valence-corrected chi connectivity index (χ0v) is 19.6. The van der Waals surface area contributed by atoms with Crippen LogP contribution in [-0.4, -0.2) is 75.5 Å². The molecule has 0 spiro atoms. The molecule has 1 heterocycles. The van der Waals surface area contributed by atoms with Gasteiger partial charge in [-0.25, -0.2) is 8.42 Å². The fraction of sp³-hybridized carbons (Fsp3) is 0.682. The maximum Gasteiger partial charge on any atom is 0.243 e. The van der Waals surface area contributed by atoms with Gasteiger partial charge in [0.2, 0.25) is 15.9 Å². The van der Waals surface area contributed by atoms with Gasteiger partial charge in [-0.2, -0.15) is 4.31 Å². The molecule has 0 aliphatic carbocycles. The number of piperazine rings is 1. The van der Waals surface area contributed by atoms with E-state index >= 15 is 0 Å². The lowest BCUT2D eigenvalue weighted by Crippen LogP contribution is -2.47. The lowest BCUT2D eigenvalue weighted by molar-refractivity contribution is -0.131. The number of carbonyl (C=O) groups is 1. The van der Waals surface area contributed by atoms with Crippen LogP contribution in [0.15, 0.2) is 29.2 Å². The van der Waals surface area contributed by atoms with E-state index in [1.54, 1.807) is 17.0 Å². The third kappa shape index (κ3) is 7.34. The number of nitrogens with one attached hydrogen (secondary N) is 1. The summed E-state index contributed by atoms with van der Waals surface area (Å²) in [5, 5.41) is 3.22. The first-order chi connectivity index (χ1) is 14.2. The molecule has 1 aromatic rings. The van der Waals surface area contributed by atoms with E-state index < -0.39 is 10.0 Å². The van der Waals surface area contributed by atoms with E-state index in [-0.39, 0.29) is 29.9 Å². The van der Waals surface area contributed by atoms with Gasteiger partial charge in [0.25, 0.3) is 0 Å². The zero-order valence-electron chi connectivity index (χ0n) is 18.8. The number of hydrogen-bond donors (Lipinski definition) is 1. The van der Waals surface area contributed by atoms with Crippen LogP contribution in [0.5, 0.6) is 0 Å². The first kappa shape index (κ1) is 24.8. The summed E-state index contributed by atoms with van der Waals surface area (Å²) < 4.78 is 33.6. The molecule has 0 saturated carbocycles. The number of sulfonamides is 1. The monoisotopic (exact) mass is 439 g/mol. The average Bonchev–Trinajstić information content (AvgIpc) is 2.73. The summed E-state index contributed by atoms with van der Waals surface area (Å²) in [6.45, 7) is 12.0. The molecule has 1 saturated heterocycles. The summed E-state index contributed by atoms with van der Waals surface area (Å²) >= 11 is 0. The Labute approximate surface area is 181 Å². The van der Waals surface area contributed by atoms with E-state index in [1.165, 1.54) is 4.31 Å². The molecule has 0 aromatic heterocycles. The minimum Gasteiger partial charge on any atom is -0.379 e. The lowest BCUT2D eigenvalue weighted by Gasteiger charge is -2.29. The maximum atomic E-state index is 13.3. The van der Waals surface area contributed by atoms with Crippen molar-refractivity contribution in [3.05, 3.63) is 29.8 Å². The molecule has 8 heteroatoms. The second kappa shape index (κ2) is 11.8. The van der Waals surface area contributed by atoms with Gasteiger partial charge in [-0.15, -0.1) is 0 Å². The Morgan fingerprint density at radius 3 is 2.30 bits per heavy atom. The van der Waals surface area contributed by atoms with E-state index in [1.807, 2.05) is 26.0 Å². The summed E-state index contributed by atoms with van der Waals surface area (Å²) in [7, 11) is -3.68. The van der Waals surface area contributed by atoms with Crippen molar-refractivity contribution in [2.45, 2.75) is 57.5 Å². The highest BCUT2D eigenvalue weighted by Gasteiger charge is 2.26. The summed E-state index contributed by atoms with van der Waals surface area (Å²) in [5.41, 5.74) is 1.10. The number of rotatable bonds is 11. The highest BCUT2D eigenvalue weighted by Crippen LogP contribution is 2.21. The Balaban J connectivity index is 2.08. The Hall–Kier alpha value is -1.48. The average molecular weight is 440 g/mol. The van der Waals surface area contributed by atoms with Crippen LogP contribution in [0.25, 0.3) is 0 Å². The molecule has 30 heavy (non-hydrogen) atoms. The van der Waals surface area contributed by atoms with Crippen molar-refractivity contribution in [2.75, 3.05) is 45.9 Å². The lowest BCUT2D eigenvalue weighted by atomic mass is 10.0. The minimum atomic E-state index is -3.68. The number of amides is 1. The molecule has 0 radical (unpaired) electrons. The molecule has 1 N–H and O–H groups in total. The quantitative estimate of drug-likeness (QED) is 0.536. The van der Waals surface area contributed by atoms with Crippen molar-refractivity contribution in [2.24, 2.45) is 0 Å². The van der Waals surface area contributed by atoms with Gasteiger partial charge < -0.3 is 15.0 Å². The van der Waals surface area contributed by atoms with Gasteiger partial charge in [0, 0.05) is 52.3 Å². The molecule has 0 atom stereocenters. The van der Waals surface area contributed by atoms with Crippen LogP contribution in [0, 0.1) is 0 Å². The molecule has 1 aromatic carbocycles. The topological polar surface area (TPSA) is 79.0 Å². The van der Waals surface area contributed by atoms with Gasteiger partial charge in [-0.3, -0.25) is 4.79 Å². The summed E-state index contributed by atoms with van der Waals surface area (Å²) in [6.07, 6.45) is 0.880. The maximum absolute atomic E-state index is 13.3. The summed E-state index contributed by atoms with van der Waals surface area (Å²) in [5.74, 6) is 0.341. The molecule has 1 aliphatic rings. The van der Waals surface area contributed by atoms with Crippen molar-refractivity contribution in [1.29, 1.82) is 0 Å². The standard InChI is InChI=1S/C22H37N3O4S/c1-18(2)20-6-8-21(9-7-20)30(27,28)25(13-5-17-29-19(3)4)14-10-22(26)24-15-11-23-12-16-24/h6-9,18-19,23H,5,10-17H2,1-4H3. The normalized spacial score (nSPS) is 15.4. The van der Waals surface area contributed by atoms with Crippen molar-refractivity contribution >= 4 is 15.9 Å². The van der Waals surface area contributed by atoms with Crippen LogP contribution in [0.1, 0.15) is 52.0 Å². The Morgan fingerprint density at radius 1 is 1.10 bits per heavy atom. The number of ether oxygens (including phenoxy) is 1. The number of hydrogen-bond acceptors (Lipinski definition) is 5. The Bertz CT molecular complexity index is 757. The molecule has 0 unspecified atom stereocenters. The third-order valence-corrected chi connectivity index (χ3v) is 7.15. The van der Waals surface area contributed by atoms with Gasteiger partial charge in [-0.05, 0) is 43.9 Å². The molecular formula is C22H37N3O4S. The molecule has 0 bridgehead atoms.